The second kappa shape index (κ2) is 10.6. The number of ether oxygens (including phenoxy) is 1. The third-order valence-corrected chi connectivity index (χ3v) is 6.95. The molecule has 2 aromatic carbocycles. The van der Waals surface area contributed by atoms with Crippen LogP contribution in [0.5, 0.6) is 0 Å². The molecule has 5 rings (SSSR count). The van der Waals surface area contributed by atoms with Gasteiger partial charge in [-0.2, -0.15) is 4.68 Å². The molecule has 0 saturated carbocycles. The highest BCUT2D eigenvalue weighted by atomic mass is 35.5. The third kappa shape index (κ3) is 5.56. The molecule has 3 heterocycles. The monoisotopic (exact) mass is 509 g/mol. The van der Waals surface area contributed by atoms with Crippen LogP contribution in [0.25, 0.3) is 17.1 Å². The van der Waals surface area contributed by atoms with Gasteiger partial charge in [-0.05, 0) is 62.9 Å². The average Bonchev–Trinajstić information content (AvgIpc) is 3.35. The van der Waals surface area contributed by atoms with Crippen LogP contribution in [0.1, 0.15) is 32.3 Å². The lowest BCUT2D eigenvalue weighted by molar-refractivity contribution is -0.122. The highest BCUT2D eigenvalue weighted by molar-refractivity contribution is 6.30. The largest absolute Gasteiger partial charge is 0.372 e. The lowest BCUT2D eigenvalue weighted by Crippen LogP contribution is -2.43. The summed E-state index contributed by atoms with van der Waals surface area (Å²) in [4.78, 5) is 28.4. The van der Waals surface area contributed by atoms with Crippen molar-refractivity contribution in [3.05, 3.63) is 69.6 Å². The normalized spacial score (nSPS) is 19.7. The van der Waals surface area contributed by atoms with Crippen molar-refractivity contribution in [1.29, 1.82) is 0 Å². The minimum Gasteiger partial charge on any atom is -0.372 e. The van der Waals surface area contributed by atoms with Gasteiger partial charge < -0.3 is 10.1 Å². The Hall–Kier alpha value is -2.94. The molecule has 190 valence electrons. The summed E-state index contributed by atoms with van der Waals surface area (Å²) in [5.41, 5.74) is 2.16. The average molecular weight is 510 g/mol. The van der Waals surface area contributed by atoms with E-state index in [9.17, 15) is 9.59 Å². The van der Waals surface area contributed by atoms with E-state index in [4.69, 9.17) is 16.3 Å². The second-order valence-electron chi connectivity index (χ2n) is 9.97. The first-order valence-corrected chi connectivity index (χ1v) is 13.0. The van der Waals surface area contributed by atoms with Crippen LogP contribution in [0.4, 0.5) is 0 Å². The molecule has 2 aliphatic rings. The Kier molecular flexibility index (Phi) is 7.27. The van der Waals surface area contributed by atoms with Crippen LogP contribution in [0.2, 0.25) is 5.02 Å². The molecule has 3 aromatic rings. The summed E-state index contributed by atoms with van der Waals surface area (Å²) in [6, 6.07) is 15.0. The van der Waals surface area contributed by atoms with Crippen LogP contribution in [-0.2, 0) is 22.5 Å². The van der Waals surface area contributed by atoms with E-state index < -0.39 is 0 Å². The summed E-state index contributed by atoms with van der Waals surface area (Å²) in [6.07, 6.45) is 4.07. The summed E-state index contributed by atoms with van der Waals surface area (Å²) < 4.78 is 8.68. The second-order valence-corrected chi connectivity index (χ2v) is 10.4. The van der Waals surface area contributed by atoms with Crippen LogP contribution >= 0.6 is 11.6 Å². The van der Waals surface area contributed by atoms with Crippen molar-refractivity contribution < 1.29 is 9.53 Å². The Morgan fingerprint density at radius 2 is 1.86 bits per heavy atom. The number of amides is 1. The summed E-state index contributed by atoms with van der Waals surface area (Å²) in [7, 11) is 0. The zero-order valence-corrected chi connectivity index (χ0v) is 21.4. The predicted octanol–water partition coefficient (Wildman–Crippen LogP) is 3.28. The molecule has 8 nitrogen and oxygen atoms in total. The molecule has 2 saturated heterocycles. The Bertz CT molecular complexity index is 1270. The van der Waals surface area contributed by atoms with E-state index in [-0.39, 0.29) is 24.2 Å². The molecule has 1 N–H and O–H groups in total. The van der Waals surface area contributed by atoms with Crippen molar-refractivity contribution in [3.8, 4) is 17.1 Å². The Labute approximate surface area is 215 Å². The number of aromatic nitrogens is 3. The van der Waals surface area contributed by atoms with E-state index in [1.807, 2.05) is 44.2 Å². The zero-order chi connectivity index (χ0) is 25.2. The molecule has 0 spiro atoms. The summed E-state index contributed by atoms with van der Waals surface area (Å²) in [6.45, 7) is 6.66. The Morgan fingerprint density at radius 3 is 2.53 bits per heavy atom. The maximum Gasteiger partial charge on any atom is 0.351 e. The first kappa shape index (κ1) is 24.7. The van der Waals surface area contributed by atoms with E-state index in [0.717, 1.165) is 26.1 Å². The number of benzene rings is 2. The van der Waals surface area contributed by atoms with Crippen molar-refractivity contribution in [1.82, 2.24) is 24.6 Å². The fourth-order valence-electron chi connectivity index (χ4n) is 5.03. The maximum atomic E-state index is 13.4. The predicted molar refractivity (Wildman–Crippen MR) is 140 cm³/mol. The van der Waals surface area contributed by atoms with Crippen molar-refractivity contribution in [3.63, 3.8) is 0 Å². The SMILES string of the molecule is CC(C)NC(=O)Cn1c(-c2cccc(Cl)c2)nn(-c2ccc(CCN3CC4CCC(C3)O4)cc2)c1=O. The molecule has 0 aliphatic carbocycles. The molecular weight excluding hydrogens is 478 g/mol. The van der Waals surface area contributed by atoms with Crippen LogP contribution in [0, 0.1) is 0 Å². The van der Waals surface area contributed by atoms with Gasteiger partial charge in [-0.1, -0.05) is 35.9 Å². The molecule has 2 unspecified atom stereocenters. The van der Waals surface area contributed by atoms with E-state index in [2.05, 4.69) is 15.3 Å². The Morgan fingerprint density at radius 1 is 1.14 bits per heavy atom. The molecule has 2 atom stereocenters. The van der Waals surface area contributed by atoms with Crippen molar-refractivity contribution >= 4 is 17.5 Å². The quantitative estimate of drug-likeness (QED) is 0.504. The van der Waals surface area contributed by atoms with Crippen LogP contribution in [0.15, 0.2) is 53.3 Å². The summed E-state index contributed by atoms with van der Waals surface area (Å²) >= 11 is 6.20. The fraction of sp³-hybridized carbons (Fsp3) is 0.444. The molecule has 2 bridgehead atoms. The lowest BCUT2D eigenvalue weighted by Gasteiger charge is -2.32. The number of nitrogens with zero attached hydrogens (tertiary/aromatic N) is 4. The topological polar surface area (TPSA) is 81.4 Å². The first-order chi connectivity index (χ1) is 17.4. The van der Waals surface area contributed by atoms with Gasteiger partial charge in [-0.15, -0.1) is 5.10 Å². The van der Waals surface area contributed by atoms with Crippen molar-refractivity contribution in [2.24, 2.45) is 0 Å². The van der Waals surface area contributed by atoms with Gasteiger partial charge >= 0.3 is 5.69 Å². The molecule has 2 aliphatic heterocycles. The molecule has 1 aromatic heterocycles. The third-order valence-electron chi connectivity index (χ3n) is 6.71. The number of nitrogens with one attached hydrogen (secondary N) is 1. The molecule has 9 heteroatoms. The maximum absolute atomic E-state index is 13.4. The highest BCUT2D eigenvalue weighted by Crippen LogP contribution is 2.26. The van der Waals surface area contributed by atoms with E-state index >= 15 is 0 Å². The van der Waals surface area contributed by atoms with Gasteiger partial charge in [0.15, 0.2) is 5.82 Å². The van der Waals surface area contributed by atoms with Gasteiger partial charge in [0, 0.05) is 36.3 Å². The fourth-order valence-corrected chi connectivity index (χ4v) is 5.22. The smallest absolute Gasteiger partial charge is 0.351 e. The van der Waals surface area contributed by atoms with Crippen LogP contribution in [-0.4, -0.2) is 63.0 Å². The number of likely N-dealkylation sites (tertiary alicyclic amines) is 1. The Balaban J connectivity index is 1.36. The van der Waals surface area contributed by atoms with E-state index in [0.29, 0.717) is 34.3 Å². The van der Waals surface area contributed by atoms with Gasteiger partial charge in [-0.3, -0.25) is 14.3 Å². The van der Waals surface area contributed by atoms with Crippen molar-refractivity contribution in [2.75, 3.05) is 19.6 Å². The minimum absolute atomic E-state index is 0.0296. The molecule has 1 amide bonds. The number of hydrogen-bond donors (Lipinski definition) is 1. The summed E-state index contributed by atoms with van der Waals surface area (Å²) in [5, 5.41) is 7.98. The van der Waals surface area contributed by atoms with Gasteiger partial charge in [-0.25, -0.2) is 4.79 Å². The van der Waals surface area contributed by atoms with Gasteiger partial charge in [0.2, 0.25) is 5.91 Å². The van der Waals surface area contributed by atoms with E-state index in [1.165, 1.54) is 27.7 Å². The number of morpholine rings is 1. The molecule has 2 fully saturated rings. The lowest BCUT2D eigenvalue weighted by atomic mass is 10.1. The minimum atomic E-state index is -0.375. The van der Waals surface area contributed by atoms with Crippen molar-refractivity contribution in [2.45, 2.75) is 57.9 Å². The molecule has 0 radical (unpaired) electrons. The number of fused-ring (bicyclic) bond motifs is 2. The highest BCUT2D eigenvalue weighted by Gasteiger charge is 2.33. The van der Waals surface area contributed by atoms with E-state index in [1.54, 1.807) is 18.2 Å². The van der Waals surface area contributed by atoms with Crippen LogP contribution < -0.4 is 11.0 Å². The first-order valence-electron chi connectivity index (χ1n) is 12.6. The number of carbonyl (C=O) groups is 1. The molecule has 36 heavy (non-hydrogen) atoms. The molecular formula is C27H32ClN5O3. The summed E-state index contributed by atoms with van der Waals surface area (Å²) in [5.74, 6) is 0.147. The van der Waals surface area contributed by atoms with Gasteiger partial charge in [0.1, 0.15) is 6.54 Å². The number of carbonyl (C=O) groups excluding carboxylic acids is 1. The number of hydrogen-bond acceptors (Lipinski definition) is 5. The number of halogens is 1. The standard InChI is InChI=1S/C27H32ClN5O3/c1-18(2)29-25(34)17-32-26(20-4-3-5-21(28)14-20)30-33(27(32)35)22-8-6-19(7-9-22)12-13-31-15-23-10-11-24(16-31)36-23/h3-9,14,18,23-24H,10-13,15-17H2,1-2H3,(H,29,34). The van der Waals surface area contributed by atoms with Gasteiger partial charge in [0.25, 0.3) is 0 Å². The zero-order valence-electron chi connectivity index (χ0n) is 20.7. The van der Waals surface area contributed by atoms with Gasteiger partial charge in [0.05, 0.1) is 17.9 Å². The number of rotatable bonds is 8. The van der Waals surface area contributed by atoms with Crippen LogP contribution in [0.3, 0.4) is 0 Å².